The normalized spacial score (nSPS) is 24.8. The predicted octanol–water partition coefficient (Wildman–Crippen LogP) is 1.81. The summed E-state index contributed by atoms with van der Waals surface area (Å²) < 4.78 is 4.35. The number of aliphatic carboxylic acids is 1. The monoisotopic (exact) mass is 261 g/mol. The van der Waals surface area contributed by atoms with Crippen LogP contribution in [0.15, 0.2) is 0 Å². The van der Waals surface area contributed by atoms with Crippen molar-refractivity contribution in [3.05, 3.63) is 0 Å². The summed E-state index contributed by atoms with van der Waals surface area (Å²) in [7, 11) is 0. The molecule has 1 saturated heterocycles. The lowest BCUT2D eigenvalue weighted by Crippen LogP contribution is -2.41. The lowest BCUT2D eigenvalue weighted by atomic mass is 10.1. The van der Waals surface area contributed by atoms with Crippen LogP contribution in [-0.4, -0.2) is 51.8 Å². The van der Waals surface area contributed by atoms with Crippen molar-refractivity contribution in [3.8, 4) is 0 Å². The molecule has 98 valence electrons. The zero-order valence-corrected chi connectivity index (χ0v) is 11.5. The number of rotatable bonds is 2. The van der Waals surface area contributed by atoms with Crippen LogP contribution in [0.1, 0.15) is 27.2 Å². The zero-order chi connectivity index (χ0) is 13.3. The first kappa shape index (κ1) is 14.2. The number of carboxylic acid groups (broad SMARTS) is 1. The first-order chi connectivity index (χ1) is 7.70. The number of hydrogen-bond acceptors (Lipinski definition) is 4. The quantitative estimate of drug-likeness (QED) is 0.821. The number of hydrogen-bond donors (Lipinski definition) is 1. The van der Waals surface area contributed by atoms with E-state index < -0.39 is 22.4 Å². The maximum atomic E-state index is 11.8. The van der Waals surface area contributed by atoms with Crippen molar-refractivity contribution in [1.29, 1.82) is 0 Å². The Bertz CT molecular complexity index is 326. The summed E-state index contributed by atoms with van der Waals surface area (Å²) in [4.78, 5) is 24.5. The number of carbonyl (C=O) groups excluding carboxylic acids is 1. The van der Waals surface area contributed by atoms with Crippen LogP contribution in [0.25, 0.3) is 0 Å². The third-order valence-corrected chi connectivity index (χ3v) is 3.95. The van der Waals surface area contributed by atoms with E-state index >= 15 is 0 Å². The molecule has 1 heterocycles. The molecule has 1 fully saturated rings. The van der Waals surface area contributed by atoms with Crippen molar-refractivity contribution in [2.75, 3.05) is 19.3 Å². The van der Waals surface area contributed by atoms with E-state index in [2.05, 4.69) is 0 Å². The molecule has 0 bridgehead atoms. The van der Waals surface area contributed by atoms with Crippen LogP contribution < -0.4 is 0 Å². The minimum atomic E-state index is -0.878. The third kappa shape index (κ3) is 3.28. The first-order valence-electron chi connectivity index (χ1n) is 5.47. The molecule has 1 rings (SSSR count). The molecule has 0 aromatic heterocycles. The standard InChI is InChI=1S/C11H19NO4S/c1-10(2,3)16-9(15)12-6-5-11(7-12,17-4)8(13)14/h5-7H2,1-4H3,(H,13,14)/t11-/m0/s1. The van der Waals surface area contributed by atoms with E-state index in [0.29, 0.717) is 13.0 Å². The molecule has 0 saturated carbocycles. The van der Waals surface area contributed by atoms with Crippen molar-refractivity contribution in [2.45, 2.75) is 37.5 Å². The molecule has 1 aliphatic rings. The van der Waals surface area contributed by atoms with Gasteiger partial charge >= 0.3 is 12.1 Å². The van der Waals surface area contributed by atoms with Gasteiger partial charge in [-0.2, -0.15) is 0 Å². The maximum absolute atomic E-state index is 11.8. The lowest BCUT2D eigenvalue weighted by molar-refractivity contribution is -0.139. The fourth-order valence-electron chi connectivity index (χ4n) is 1.69. The van der Waals surface area contributed by atoms with E-state index in [1.165, 1.54) is 16.7 Å². The second-order valence-electron chi connectivity index (χ2n) is 5.16. The number of ether oxygens (including phenoxy) is 1. The maximum Gasteiger partial charge on any atom is 0.410 e. The molecule has 0 spiro atoms. The van der Waals surface area contributed by atoms with Crippen LogP contribution in [0.3, 0.4) is 0 Å². The summed E-state index contributed by atoms with van der Waals surface area (Å²) >= 11 is 1.28. The summed E-state index contributed by atoms with van der Waals surface area (Å²) in [5.41, 5.74) is -0.551. The predicted molar refractivity (Wildman–Crippen MR) is 66.3 cm³/mol. The summed E-state index contributed by atoms with van der Waals surface area (Å²) in [5, 5.41) is 9.20. The fourth-order valence-corrected chi connectivity index (χ4v) is 2.45. The van der Waals surface area contributed by atoms with Gasteiger partial charge in [0.2, 0.25) is 0 Å². The van der Waals surface area contributed by atoms with Crippen molar-refractivity contribution >= 4 is 23.8 Å². The van der Waals surface area contributed by atoms with Gasteiger partial charge in [0, 0.05) is 13.1 Å². The average molecular weight is 261 g/mol. The van der Waals surface area contributed by atoms with E-state index in [0.717, 1.165) is 0 Å². The molecule has 6 heteroatoms. The molecule has 0 radical (unpaired) electrons. The van der Waals surface area contributed by atoms with Gasteiger partial charge < -0.3 is 14.7 Å². The molecule has 0 unspecified atom stereocenters. The van der Waals surface area contributed by atoms with Gasteiger partial charge in [-0.1, -0.05) is 0 Å². The molecule has 17 heavy (non-hydrogen) atoms. The van der Waals surface area contributed by atoms with Crippen molar-refractivity contribution in [2.24, 2.45) is 0 Å². The Labute approximate surface area is 105 Å². The molecular weight excluding hydrogens is 242 g/mol. The second kappa shape index (κ2) is 4.76. The van der Waals surface area contributed by atoms with Crippen molar-refractivity contribution in [3.63, 3.8) is 0 Å². The Morgan fingerprint density at radius 1 is 1.41 bits per heavy atom. The number of likely N-dealkylation sites (tertiary alicyclic amines) is 1. The van der Waals surface area contributed by atoms with E-state index in [9.17, 15) is 14.7 Å². The van der Waals surface area contributed by atoms with Gasteiger partial charge in [-0.15, -0.1) is 11.8 Å². The van der Waals surface area contributed by atoms with Crippen LogP contribution in [0, 0.1) is 0 Å². The van der Waals surface area contributed by atoms with Crippen LogP contribution >= 0.6 is 11.8 Å². The summed E-state index contributed by atoms with van der Waals surface area (Å²) in [5.74, 6) is -0.865. The van der Waals surface area contributed by atoms with E-state index in [-0.39, 0.29) is 6.54 Å². The Morgan fingerprint density at radius 3 is 2.35 bits per heavy atom. The van der Waals surface area contributed by atoms with Gasteiger partial charge in [0.25, 0.3) is 0 Å². The molecule has 1 aliphatic heterocycles. The number of carboxylic acids is 1. The smallest absolute Gasteiger partial charge is 0.410 e. The lowest BCUT2D eigenvalue weighted by Gasteiger charge is -2.26. The van der Waals surface area contributed by atoms with Crippen molar-refractivity contribution in [1.82, 2.24) is 4.90 Å². The van der Waals surface area contributed by atoms with E-state index in [1.807, 2.05) is 0 Å². The zero-order valence-electron chi connectivity index (χ0n) is 10.6. The molecule has 1 N–H and O–H groups in total. The van der Waals surface area contributed by atoms with Crippen molar-refractivity contribution < 1.29 is 19.4 Å². The van der Waals surface area contributed by atoms with Crippen LogP contribution in [0.2, 0.25) is 0 Å². The van der Waals surface area contributed by atoms with Gasteiger partial charge in [0.15, 0.2) is 0 Å². The molecule has 5 nitrogen and oxygen atoms in total. The topological polar surface area (TPSA) is 66.8 Å². The Kier molecular flexibility index (Phi) is 3.96. The summed E-state index contributed by atoms with van der Waals surface area (Å²) in [6, 6.07) is 0. The SMILES string of the molecule is CS[C@@]1(C(=O)O)CCN(C(=O)OC(C)(C)C)C1. The number of carbonyl (C=O) groups is 2. The summed E-state index contributed by atoms with van der Waals surface area (Å²) in [6.07, 6.45) is 1.78. The number of thioether (sulfide) groups is 1. The first-order valence-corrected chi connectivity index (χ1v) is 6.69. The van der Waals surface area contributed by atoms with Crippen LogP contribution in [0.4, 0.5) is 4.79 Å². The molecule has 1 amide bonds. The van der Waals surface area contributed by atoms with Gasteiger partial charge in [-0.3, -0.25) is 4.79 Å². The van der Waals surface area contributed by atoms with Gasteiger partial charge in [0.1, 0.15) is 10.3 Å². The molecule has 0 aromatic rings. The van der Waals surface area contributed by atoms with Gasteiger partial charge in [-0.05, 0) is 33.4 Å². The van der Waals surface area contributed by atoms with E-state index in [4.69, 9.17) is 4.74 Å². The molecular formula is C11H19NO4S. The highest BCUT2D eigenvalue weighted by Crippen LogP contribution is 2.34. The Morgan fingerprint density at radius 2 is 2.00 bits per heavy atom. The highest BCUT2D eigenvalue weighted by Gasteiger charge is 2.46. The number of amides is 1. The van der Waals surface area contributed by atoms with E-state index in [1.54, 1.807) is 27.0 Å². The molecule has 1 atom stereocenters. The highest BCUT2D eigenvalue weighted by atomic mass is 32.2. The minimum Gasteiger partial charge on any atom is -0.480 e. The van der Waals surface area contributed by atoms with Crippen LogP contribution in [0.5, 0.6) is 0 Å². The summed E-state index contributed by atoms with van der Waals surface area (Å²) in [6.45, 7) is 6.01. The Balaban J connectivity index is 2.67. The molecule has 0 aromatic carbocycles. The Hall–Kier alpha value is -0.910. The number of nitrogens with zero attached hydrogens (tertiary/aromatic N) is 1. The third-order valence-electron chi connectivity index (χ3n) is 2.66. The second-order valence-corrected chi connectivity index (χ2v) is 6.35. The minimum absolute atomic E-state index is 0.207. The largest absolute Gasteiger partial charge is 0.480 e. The fraction of sp³-hybridized carbons (Fsp3) is 0.818. The van der Waals surface area contributed by atoms with Gasteiger partial charge in [0.05, 0.1) is 0 Å². The van der Waals surface area contributed by atoms with Gasteiger partial charge in [-0.25, -0.2) is 4.79 Å². The highest BCUT2D eigenvalue weighted by molar-refractivity contribution is 8.00. The van der Waals surface area contributed by atoms with Crippen LogP contribution in [-0.2, 0) is 9.53 Å². The molecule has 0 aliphatic carbocycles. The average Bonchev–Trinajstić information content (AvgIpc) is 2.60.